The average molecular weight is 216 g/mol. The molecule has 0 heterocycles. The average Bonchev–Trinajstić information content (AvgIpc) is 2.30. The smallest absolute Gasteiger partial charge is 0.240 e. The van der Waals surface area contributed by atoms with E-state index in [2.05, 4.69) is 5.32 Å². The Labute approximate surface area is 96.1 Å². The Hall–Kier alpha value is -1.82. The first-order valence-corrected chi connectivity index (χ1v) is 5.24. The molecule has 3 heteroatoms. The van der Waals surface area contributed by atoms with Gasteiger partial charge in [0.25, 0.3) is 0 Å². The summed E-state index contributed by atoms with van der Waals surface area (Å²) in [5.41, 5.74) is 0.0489. The second-order valence-corrected chi connectivity index (χ2v) is 4.34. The molecule has 1 amide bonds. The van der Waals surface area contributed by atoms with Gasteiger partial charge in [-0.05, 0) is 26.3 Å². The van der Waals surface area contributed by atoms with E-state index in [0.29, 0.717) is 0 Å². The first-order chi connectivity index (χ1) is 7.47. The summed E-state index contributed by atoms with van der Waals surface area (Å²) in [5.74, 6) is -0.244. The van der Waals surface area contributed by atoms with Crippen molar-refractivity contribution in [3.8, 4) is 6.07 Å². The molecule has 0 aliphatic rings. The molecule has 0 spiro atoms. The molecule has 0 aliphatic carbocycles. The third-order valence-corrected chi connectivity index (χ3v) is 2.49. The predicted molar refractivity (Wildman–Crippen MR) is 62.4 cm³/mol. The summed E-state index contributed by atoms with van der Waals surface area (Å²) in [6.45, 7) is 5.13. The Kier molecular flexibility index (Phi) is 3.68. The number of benzene rings is 1. The van der Waals surface area contributed by atoms with E-state index >= 15 is 0 Å². The number of carbonyl (C=O) groups excluding carboxylic acids is 1. The van der Waals surface area contributed by atoms with E-state index in [1.165, 1.54) is 0 Å². The van der Waals surface area contributed by atoms with E-state index in [0.717, 1.165) is 5.56 Å². The Balaban J connectivity index is 2.70. The minimum Gasteiger partial charge on any atom is -0.348 e. The molecule has 3 nitrogen and oxygen atoms in total. The van der Waals surface area contributed by atoms with Gasteiger partial charge in [-0.1, -0.05) is 30.3 Å². The lowest BCUT2D eigenvalue weighted by Crippen LogP contribution is -2.37. The van der Waals surface area contributed by atoms with Crippen molar-refractivity contribution in [2.24, 2.45) is 5.41 Å². The van der Waals surface area contributed by atoms with Gasteiger partial charge < -0.3 is 5.32 Å². The molecule has 0 aromatic heterocycles. The molecule has 0 aliphatic heterocycles. The highest BCUT2D eigenvalue weighted by Crippen LogP contribution is 2.17. The molecule has 1 aromatic rings. The number of carbonyl (C=O) groups is 1. The molecule has 0 unspecified atom stereocenters. The number of rotatable bonds is 3. The number of amides is 1. The third kappa shape index (κ3) is 2.83. The first-order valence-electron chi connectivity index (χ1n) is 5.24. The van der Waals surface area contributed by atoms with Crippen LogP contribution >= 0.6 is 0 Å². The fourth-order valence-electron chi connectivity index (χ4n) is 1.25. The molecule has 1 aromatic carbocycles. The fourth-order valence-corrected chi connectivity index (χ4v) is 1.25. The quantitative estimate of drug-likeness (QED) is 0.843. The van der Waals surface area contributed by atoms with Gasteiger partial charge in [-0.25, -0.2) is 0 Å². The van der Waals surface area contributed by atoms with Gasteiger partial charge in [0.2, 0.25) is 5.91 Å². The van der Waals surface area contributed by atoms with Crippen molar-refractivity contribution in [3.05, 3.63) is 35.9 Å². The number of hydrogen-bond acceptors (Lipinski definition) is 2. The lowest BCUT2D eigenvalue weighted by atomic mass is 9.94. The summed E-state index contributed by atoms with van der Waals surface area (Å²) in [6.07, 6.45) is 0. The van der Waals surface area contributed by atoms with E-state index in [-0.39, 0.29) is 11.9 Å². The minimum absolute atomic E-state index is 0.0821. The van der Waals surface area contributed by atoms with Crippen LogP contribution in [0.25, 0.3) is 0 Å². The van der Waals surface area contributed by atoms with E-state index in [1.807, 2.05) is 43.3 Å². The molecule has 0 bridgehead atoms. The third-order valence-electron chi connectivity index (χ3n) is 2.49. The lowest BCUT2D eigenvalue weighted by molar-refractivity contribution is -0.127. The van der Waals surface area contributed by atoms with E-state index < -0.39 is 5.41 Å². The second-order valence-electron chi connectivity index (χ2n) is 4.34. The van der Waals surface area contributed by atoms with Gasteiger partial charge in [-0.15, -0.1) is 0 Å². The molecule has 0 radical (unpaired) electrons. The molecule has 0 saturated heterocycles. The second kappa shape index (κ2) is 4.80. The molecule has 0 saturated carbocycles. The normalized spacial score (nSPS) is 12.6. The van der Waals surface area contributed by atoms with Gasteiger partial charge in [0.15, 0.2) is 0 Å². The summed E-state index contributed by atoms with van der Waals surface area (Å²) in [4.78, 5) is 11.7. The van der Waals surface area contributed by atoms with Crippen LogP contribution < -0.4 is 5.32 Å². The number of nitrogens with one attached hydrogen (secondary N) is 1. The van der Waals surface area contributed by atoms with Gasteiger partial charge in [0, 0.05) is 0 Å². The van der Waals surface area contributed by atoms with Crippen molar-refractivity contribution in [1.29, 1.82) is 5.26 Å². The highest BCUT2D eigenvalue weighted by Gasteiger charge is 2.28. The molecule has 1 atom stereocenters. The van der Waals surface area contributed by atoms with Crippen molar-refractivity contribution >= 4 is 5.91 Å². The van der Waals surface area contributed by atoms with Crippen molar-refractivity contribution in [1.82, 2.24) is 5.32 Å². The Morgan fingerprint density at radius 3 is 2.44 bits per heavy atom. The largest absolute Gasteiger partial charge is 0.348 e. The van der Waals surface area contributed by atoms with Gasteiger partial charge in [0.05, 0.1) is 12.1 Å². The molecule has 0 fully saturated rings. The first kappa shape index (κ1) is 12.3. The van der Waals surface area contributed by atoms with Gasteiger partial charge >= 0.3 is 0 Å². The van der Waals surface area contributed by atoms with Crippen LogP contribution in [0.1, 0.15) is 32.4 Å². The fraction of sp³-hybridized carbons (Fsp3) is 0.385. The van der Waals surface area contributed by atoms with Crippen LogP contribution in [0.5, 0.6) is 0 Å². The number of nitriles is 1. The highest BCUT2D eigenvalue weighted by atomic mass is 16.2. The van der Waals surface area contributed by atoms with Crippen LogP contribution in [0.15, 0.2) is 30.3 Å². The Bertz CT molecular complexity index is 404. The standard InChI is InChI=1S/C13H16N2O/c1-10(11-7-5-4-6-8-11)15-12(16)13(2,3)9-14/h4-8,10H,1-3H3,(H,15,16)/t10-/m0/s1. The van der Waals surface area contributed by atoms with Crippen molar-refractivity contribution in [2.75, 3.05) is 0 Å². The van der Waals surface area contributed by atoms with Crippen LogP contribution in [-0.2, 0) is 4.79 Å². The Morgan fingerprint density at radius 1 is 1.38 bits per heavy atom. The number of nitrogens with zero attached hydrogens (tertiary/aromatic N) is 1. The monoisotopic (exact) mass is 216 g/mol. The van der Waals surface area contributed by atoms with Crippen molar-refractivity contribution in [3.63, 3.8) is 0 Å². The summed E-state index contributed by atoms with van der Waals surface area (Å²) in [5, 5.41) is 11.7. The number of hydrogen-bond donors (Lipinski definition) is 1. The molecular formula is C13H16N2O. The van der Waals surface area contributed by atoms with Gasteiger partial charge in [-0.2, -0.15) is 5.26 Å². The van der Waals surface area contributed by atoms with Crippen LogP contribution in [0, 0.1) is 16.7 Å². The molecule has 1 rings (SSSR count). The summed E-state index contributed by atoms with van der Waals surface area (Å²) >= 11 is 0. The van der Waals surface area contributed by atoms with E-state index in [9.17, 15) is 4.79 Å². The minimum atomic E-state index is -0.983. The molecule has 1 N–H and O–H groups in total. The SMILES string of the molecule is C[C@H](NC(=O)C(C)(C)C#N)c1ccccc1. The lowest BCUT2D eigenvalue weighted by Gasteiger charge is -2.20. The van der Waals surface area contributed by atoms with Gasteiger partial charge in [-0.3, -0.25) is 4.79 Å². The summed E-state index contributed by atoms with van der Waals surface area (Å²) in [7, 11) is 0. The van der Waals surface area contributed by atoms with Crippen LogP contribution in [-0.4, -0.2) is 5.91 Å². The van der Waals surface area contributed by atoms with Crippen LogP contribution in [0.2, 0.25) is 0 Å². The summed E-state index contributed by atoms with van der Waals surface area (Å²) < 4.78 is 0. The van der Waals surface area contributed by atoms with Crippen molar-refractivity contribution in [2.45, 2.75) is 26.8 Å². The van der Waals surface area contributed by atoms with Gasteiger partial charge in [0.1, 0.15) is 5.41 Å². The zero-order valence-corrected chi connectivity index (χ0v) is 9.82. The van der Waals surface area contributed by atoms with Crippen LogP contribution in [0.4, 0.5) is 0 Å². The maximum Gasteiger partial charge on any atom is 0.240 e. The van der Waals surface area contributed by atoms with Crippen LogP contribution in [0.3, 0.4) is 0 Å². The zero-order valence-electron chi connectivity index (χ0n) is 9.82. The maximum absolute atomic E-state index is 11.7. The van der Waals surface area contributed by atoms with E-state index in [1.54, 1.807) is 13.8 Å². The van der Waals surface area contributed by atoms with E-state index in [4.69, 9.17) is 5.26 Å². The topological polar surface area (TPSA) is 52.9 Å². The Morgan fingerprint density at radius 2 is 1.94 bits per heavy atom. The zero-order chi connectivity index (χ0) is 12.2. The highest BCUT2D eigenvalue weighted by molar-refractivity contribution is 5.84. The summed E-state index contributed by atoms with van der Waals surface area (Å²) in [6, 6.07) is 11.6. The molecule has 16 heavy (non-hydrogen) atoms. The molecular weight excluding hydrogens is 200 g/mol. The maximum atomic E-state index is 11.7. The van der Waals surface area contributed by atoms with Crippen molar-refractivity contribution < 1.29 is 4.79 Å². The predicted octanol–water partition coefficient (Wildman–Crippen LogP) is 2.41. The molecule has 84 valence electrons.